The van der Waals surface area contributed by atoms with Crippen LogP contribution in [0.3, 0.4) is 0 Å². The number of benzene rings is 4. The first-order valence-corrected chi connectivity index (χ1v) is 10.5. The molecule has 0 saturated heterocycles. The van der Waals surface area contributed by atoms with Crippen LogP contribution >= 0.6 is 0 Å². The molecule has 0 unspecified atom stereocenters. The van der Waals surface area contributed by atoms with Crippen molar-refractivity contribution < 1.29 is 18.7 Å². The van der Waals surface area contributed by atoms with Crippen LogP contribution in [0.25, 0.3) is 33.1 Å². The monoisotopic (exact) mass is 436 g/mol. The summed E-state index contributed by atoms with van der Waals surface area (Å²) in [6.07, 6.45) is 0. The number of ketones is 1. The van der Waals surface area contributed by atoms with Crippen LogP contribution in [0.4, 0.5) is 0 Å². The molecule has 0 radical (unpaired) electrons. The molecule has 0 aliphatic heterocycles. The molecule has 0 N–H and O–H groups in total. The molecule has 5 nitrogen and oxygen atoms in total. The van der Waals surface area contributed by atoms with Crippen LogP contribution < -0.4 is 14.9 Å². The molecule has 1 aromatic heterocycles. The fraction of sp³-hybridized carbons (Fsp3) is 0.0714. The highest BCUT2D eigenvalue weighted by Crippen LogP contribution is 2.32. The van der Waals surface area contributed by atoms with Crippen LogP contribution in [0.15, 0.2) is 100 Å². The second-order valence-electron chi connectivity index (χ2n) is 7.55. The maximum Gasteiger partial charge on any atom is 0.235 e. The Hall–Kier alpha value is -4.38. The molecular weight excluding hydrogens is 416 g/mol. The van der Waals surface area contributed by atoms with Crippen molar-refractivity contribution in [1.29, 1.82) is 0 Å². The summed E-state index contributed by atoms with van der Waals surface area (Å²) in [6, 6.07) is 27.3. The Morgan fingerprint density at radius 3 is 2.30 bits per heavy atom. The lowest BCUT2D eigenvalue weighted by Gasteiger charge is -2.12. The van der Waals surface area contributed by atoms with Gasteiger partial charge < -0.3 is 13.9 Å². The molecule has 4 aromatic carbocycles. The van der Waals surface area contributed by atoms with E-state index in [0.29, 0.717) is 27.8 Å². The normalized spacial score (nSPS) is 10.9. The summed E-state index contributed by atoms with van der Waals surface area (Å²) in [4.78, 5) is 26.4. The van der Waals surface area contributed by atoms with Gasteiger partial charge in [0.15, 0.2) is 12.4 Å². The molecule has 0 bridgehead atoms. The number of ether oxygens (including phenoxy) is 2. The van der Waals surface area contributed by atoms with E-state index in [1.165, 1.54) is 0 Å². The summed E-state index contributed by atoms with van der Waals surface area (Å²) in [5, 5.41) is 2.20. The summed E-state index contributed by atoms with van der Waals surface area (Å²) in [7, 11) is 1.58. The van der Waals surface area contributed by atoms with E-state index >= 15 is 0 Å². The SMILES string of the molecule is COc1ccc(-c2oc3ccccc3c(=O)c2OCC(=O)c2cccc3ccccc23)cc1. The van der Waals surface area contributed by atoms with Gasteiger partial charge in [-0.1, -0.05) is 54.6 Å². The smallest absolute Gasteiger partial charge is 0.235 e. The first kappa shape index (κ1) is 20.5. The third-order valence-electron chi connectivity index (χ3n) is 5.55. The molecule has 1 heterocycles. The van der Waals surface area contributed by atoms with Gasteiger partial charge in [0.25, 0.3) is 0 Å². The number of hydrogen-bond acceptors (Lipinski definition) is 5. The van der Waals surface area contributed by atoms with Crippen LogP contribution in [0.1, 0.15) is 10.4 Å². The summed E-state index contributed by atoms with van der Waals surface area (Å²) in [5.41, 5.74) is 1.31. The number of rotatable bonds is 6. The lowest BCUT2D eigenvalue weighted by Crippen LogP contribution is -2.17. The summed E-state index contributed by atoms with van der Waals surface area (Å²) >= 11 is 0. The van der Waals surface area contributed by atoms with Crippen molar-refractivity contribution in [3.63, 3.8) is 0 Å². The van der Waals surface area contributed by atoms with E-state index in [1.807, 2.05) is 36.4 Å². The van der Waals surface area contributed by atoms with E-state index in [0.717, 1.165) is 10.8 Å². The van der Waals surface area contributed by atoms with Crippen LogP contribution in [-0.4, -0.2) is 19.5 Å². The summed E-state index contributed by atoms with van der Waals surface area (Å²) < 4.78 is 17.2. The highest BCUT2D eigenvalue weighted by molar-refractivity contribution is 6.08. The third kappa shape index (κ3) is 3.85. The molecule has 0 amide bonds. The lowest BCUT2D eigenvalue weighted by atomic mass is 10.0. The van der Waals surface area contributed by atoms with Crippen molar-refractivity contribution in [3.8, 4) is 22.8 Å². The first-order chi connectivity index (χ1) is 16.2. The van der Waals surface area contributed by atoms with E-state index in [9.17, 15) is 9.59 Å². The van der Waals surface area contributed by atoms with Gasteiger partial charge >= 0.3 is 0 Å². The maximum atomic E-state index is 13.3. The van der Waals surface area contributed by atoms with Gasteiger partial charge in [-0.3, -0.25) is 9.59 Å². The predicted molar refractivity (Wildman–Crippen MR) is 128 cm³/mol. The fourth-order valence-electron chi connectivity index (χ4n) is 3.87. The topological polar surface area (TPSA) is 65.7 Å². The van der Waals surface area contributed by atoms with Gasteiger partial charge in [-0.2, -0.15) is 0 Å². The molecule has 0 atom stereocenters. The Bertz CT molecular complexity index is 1530. The Kier molecular flexibility index (Phi) is 5.37. The van der Waals surface area contributed by atoms with Crippen LogP contribution in [0.5, 0.6) is 11.5 Å². The average molecular weight is 436 g/mol. The minimum Gasteiger partial charge on any atom is -0.497 e. The quantitative estimate of drug-likeness (QED) is 0.311. The largest absolute Gasteiger partial charge is 0.497 e. The molecule has 5 rings (SSSR count). The predicted octanol–water partition coefficient (Wildman–Crippen LogP) is 5.88. The molecule has 0 saturated carbocycles. The Balaban J connectivity index is 1.56. The minimum atomic E-state index is -0.326. The number of Topliss-reactive ketones (excluding diaryl/α,β-unsaturated/α-hetero) is 1. The molecule has 0 spiro atoms. The van der Waals surface area contributed by atoms with E-state index in [2.05, 4.69) is 0 Å². The van der Waals surface area contributed by atoms with Crippen LogP contribution in [-0.2, 0) is 0 Å². The first-order valence-electron chi connectivity index (χ1n) is 10.5. The van der Waals surface area contributed by atoms with Crippen LogP contribution in [0.2, 0.25) is 0 Å². The highest BCUT2D eigenvalue weighted by Gasteiger charge is 2.20. The van der Waals surface area contributed by atoms with Crippen molar-refractivity contribution in [2.45, 2.75) is 0 Å². The maximum absolute atomic E-state index is 13.3. The van der Waals surface area contributed by atoms with Crippen molar-refractivity contribution in [2.75, 3.05) is 13.7 Å². The van der Waals surface area contributed by atoms with E-state index in [4.69, 9.17) is 13.9 Å². The van der Waals surface area contributed by atoms with Gasteiger partial charge in [-0.05, 0) is 47.2 Å². The average Bonchev–Trinajstić information content (AvgIpc) is 2.87. The number of carbonyl (C=O) groups is 1. The second kappa shape index (κ2) is 8.63. The number of methoxy groups -OCH3 is 1. The Labute approximate surface area is 189 Å². The highest BCUT2D eigenvalue weighted by atomic mass is 16.5. The van der Waals surface area contributed by atoms with Gasteiger partial charge in [-0.15, -0.1) is 0 Å². The summed E-state index contributed by atoms with van der Waals surface area (Å²) in [5.74, 6) is 0.732. The number of fused-ring (bicyclic) bond motifs is 2. The molecule has 162 valence electrons. The molecule has 0 aliphatic rings. The van der Waals surface area contributed by atoms with Gasteiger partial charge in [-0.25, -0.2) is 0 Å². The number of carbonyl (C=O) groups excluding carboxylic acids is 1. The lowest BCUT2D eigenvalue weighted by molar-refractivity contribution is 0.0922. The molecule has 0 aliphatic carbocycles. The zero-order chi connectivity index (χ0) is 22.8. The van der Waals surface area contributed by atoms with Crippen molar-refractivity contribution in [2.24, 2.45) is 0 Å². The van der Waals surface area contributed by atoms with E-state index in [-0.39, 0.29) is 29.3 Å². The van der Waals surface area contributed by atoms with Gasteiger partial charge in [0, 0.05) is 11.1 Å². The van der Waals surface area contributed by atoms with Gasteiger partial charge in [0.05, 0.1) is 12.5 Å². The fourth-order valence-corrected chi connectivity index (χ4v) is 3.87. The minimum absolute atomic E-state index is 0.00690. The Morgan fingerprint density at radius 1 is 0.818 bits per heavy atom. The zero-order valence-electron chi connectivity index (χ0n) is 17.9. The van der Waals surface area contributed by atoms with Crippen molar-refractivity contribution in [3.05, 3.63) is 107 Å². The summed E-state index contributed by atoms with van der Waals surface area (Å²) in [6.45, 7) is -0.291. The molecule has 5 aromatic rings. The van der Waals surface area contributed by atoms with E-state index < -0.39 is 0 Å². The molecule has 33 heavy (non-hydrogen) atoms. The third-order valence-corrected chi connectivity index (χ3v) is 5.55. The number of para-hydroxylation sites is 1. The molecular formula is C28H20O5. The van der Waals surface area contributed by atoms with Crippen molar-refractivity contribution >= 4 is 27.5 Å². The standard InChI is InChI=1S/C28H20O5/c1-31-20-15-13-19(14-16-20)27-28(26(30)23-10-4-5-12-25(23)33-27)32-17-24(29)22-11-6-8-18-7-2-3-9-21(18)22/h2-16H,17H2,1H3. The molecule has 0 fully saturated rings. The van der Waals surface area contributed by atoms with Crippen LogP contribution in [0, 0.1) is 0 Å². The molecule has 5 heteroatoms. The second-order valence-corrected chi connectivity index (χ2v) is 7.55. The van der Waals surface area contributed by atoms with E-state index in [1.54, 1.807) is 61.7 Å². The number of hydrogen-bond donors (Lipinski definition) is 0. The Morgan fingerprint density at radius 2 is 1.52 bits per heavy atom. The van der Waals surface area contributed by atoms with Gasteiger partial charge in [0.2, 0.25) is 17.0 Å². The zero-order valence-corrected chi connectivity index (χ0v) is 17.9. The van der Waals surface area contributed by atoms with Gasteiger partial charge in [0.1, 0.15) is 11.3 Å². The van der Waals surface area contributed by atoms with Crippen molar-refractivity contribution in [1.82, 2.24) is 0 Å².